The second kappa shape index (κ2) is 7.67. The van der Waals surface area contributed by atoms with Crippen LogP contribution in [0.5, 0.6) is 0 Å². The van der Waals surface area contributed by atoms with E-state index in [0.29, 0.717) is 30.4 Å². The topological polar surface area (TPSA) is 146 Å². The van der Waals surface area contributed by atoms with Crippen LogP contribution >= 0.6 is 0 Å². The molecule has 2 saturated carbocycles. The predicted octanol–water partition coefficient (Wildman–Crippen LogP) is -0.994. The maximum atomic E-state index is 12.1. The van der Waals surface area contributed by atoms with Gasteiger partial charge in [-0.25, -0.2) is 4.79 Å². The van der Waals surface area contributed by atoms with Crippen molar-refractivity contribution in [1.29, 1.82) is 0 Å². The highest BCUT2D eigenvalue weighted by Gasteiger charge is 2.58. The molecule has 0 aromatic rings. The van der Waals surface area contributed by atoms with Crippen LogP contribution in [0, 0.1) is 17.8 Å². The summed E-state index contributed by atoms with van der Waals surface area (Å²) in [5, 5.41) is 50.8. The summed E-state index contributed by atoms with van der Waals surface area (Å²) in [5.41, 5.74) is -0.0304. The van der Waals surface area contributed by atoms with Gasteiger partial charge in [-0.15, -0.1) is 0 Å². The second-order valence-corrected chi connectivity index (χ2v) is 9.16. The van der Waals surface area contributed by atoms with E-state index in [4.69, 9.17) is 14.2 Å². The van der Waals surface area contributed by atoms with Crippen molar-refractivity contribution < 1.29 is 44.5 Å². The summed E-state index contributed by atoms with van der Waals surface area (Å²) in [5.74, 6) is -1.29. The third-order valence-corrected chi connectivity index (χ3v) is 7.35. The molecule has 0 unspecified atom stereocenters. The van der Waals surface area contributed by atoms with Crippen LogP contribution in [0.3, 0.4) is 0 Å². The number of hydrogen-bond donors (Lipinski definition) is 5. The van der Waals surface area contributed by atoms with Crippen molar-refractivity contribution in [3.05, 3.63) is 24.3 Å². The fourth-order valence-corrected chi connectivity index (χ4v) is 5.49. The van der Waals surface area contributed by atoms with E-state index in [1.165, 1.54) is 0 Å². The molecule has 30 heavy (non-hydrogen) atoms. The van der Waals surface area contributed by atoms with Gasteiger partial charge >= 0.3 is 5.97 Å². The zero-order valence-electron chi connectivity index (χ0n) is 16.9. The molecule has 2 aliphatic carbocycles. The van der Waals surface area contributed by atoms with Crippen LogP contribution in [0.25, 0.3) is 0 Å². The monoisotopic (exact) mass is 426 g/mol. The molecule has 0 spiro atoms. The molecule has 9 nitrogen and oxygen atoms in total. The van der Waals surface area contributed by atoms with Gasteiger partial charge in [0.25, 0.3) is 0 Å². The van der Waals surface area contributed by atoms with E-state index in [2.05, 4.69) is 13.2 Å². The van der Waals surface area contributed by atoms with E-state index in [1.54, 1.807) is 6.92 Å². The Morgan fingerprint density at radius 2 is 1.90 bits per heavy atom. The van der Waals surface area contributed by atoms with Gasteiger partial charge in [-0.1, -0.05) is 13.2 Å². The predicted molar refractivity (Wildman–Crippen MR) is 102 cm³/mol. The lowest BCUT2D eigenvalue weighted by atomic mass is 9.78. The molecule has 2 saturated heterocycles. The third kappa shape index (κ3) is 3.33. The fraction of sp³-hybridized carbons (Fsp3) is 0.762. The first-order valence-corrected chi connectivity index (χ1v) is 10.3. The molecule has 9 heteroatoms. The SMILES string of the molecule is C=C1[C@@H]2[C@H]3OC(=O)C(=C)[C@@H]3CC[C@@](C)(O)[C@@H]2C[C@@H]1O[C@@H]1O[C@H](CO)[C@@H](O)[C@H](O)[C@H]1O. The Balaban J connectivity index is 1.57. The quantitative estimate of drug-likeness (QED) is 0.218. The van der Waals surface area contributed by atoms with Gasteiger partial charge in [0.1, 0.15) is 30.5 Å². The van der Waals surface area contributed by atoms with Crippen LogP contribution in [-0.4, -0.2) is 86.6 Å². The van der Waals surface area contributed by atoms with Crippen molar-refractivity contribution >= 4 is 5.97 Å². The number of fused-ring (bicyclic) bond motifs is 3. The van der Waals surface area contributed by atoms with E-state index in [1.807, 2.05) is 0 Å². The Hall–Kier alpha value is -1.33. The summed E-state index contributed by atoms with van der Waals surface area (Å²) in [6, 6.07) is 0. The van der Waals surface area contributed by atoms with Gasteiger partial charge < -0.3 is 39.7 Å². The molecule has 4 fully saturated rings. The number of ether oxygens (including phenoxy) is 3. The Bertz CT molecular complexity index is 732. The second-order valence-electron chi connectivity index (χ2n) is 9.16. The molecular weight excluding hydrogens is 396 g/mol. The van der Waals surface area contributed by atoms with E-state index in [9.17, 15) is 30.3 Å². The summed E-state index contributed by atoms with van der Waals surface area (Å²) in [6.45, 7) is 9.20. The Labute approximate surface area is 174 Å². The Morgan fingerprint density at radius 1 is 1.20 bits per heavy atom. The number of aliphatic hydroxyl groups is 5. The lowest BCUT2D eigenvalue weighted by molar-refractivity contribution is -0.308. The molecule has 168 valence electrons. The third-order valence-electron chi connectivity index (χ3n) is 7.35. The number of carbonyl (C=O) groups excluding carboxylic acids is 1. The van der Waals surface area contributed by atoms with Crippen LogP contribution in [0.15, 0.2) is 24.3 Å². The summed E-state index contributed by atoms with van der Waals surface area (Å²) >= 11 is 0. The molecule has 11 atom stereocenters. The largest absolute Gasteiger partial charge is 0.458 e. The standard InChI is InChI=1S/C21H30O9/c1-8-10-4-5-21(3,27)11-6-12(9(2)14(11)18(10)30-19(8)26)28-20-17(25)16(24)15(23)13(7-22)29-20/h10-18,20,22-25,27H,1-2,4-7H2,3H3/t10-,11+,12-,13+,14-,15+,16-,17+,18-,20+,21+/m0/s1. The molecule has 4 aliphatic rings. The highest BCUT2D eigenvalue weighted by molar-refractivity contribution is 5.91. The number of aliphatic hydroxyl groups excluding tert-OH is 4. The molecular formula is C21H30O9. The van der Waals surface area contributed by atoms with E-state index >= 15 is 0 Å². The minimum atomic E-state index is -1.55. The smallest absolute Gasteiger partial charge is 0.334 e. The minimum Gasteiger partial charge on any atom is -0.458 e. The molecule has 2 heterocycles. The van der Waals surface area contributed by atoms with Crippen molar-refractivity contribution in [3.8, 4) is 0 Å². The summed E-state index contributed by atoms with van der Waals surface area (Å²) in [7, 11) is 0. The van der Waals surface area contributed by atoms with Gasteiger partial charge in [0, 0.05) is 23.3 Å². The molecule has 2 aliphatic heterocycles. The van der Waals surface area contributed by atoms with Crippen molar-refractivity contribution in [2.75, 3.05) is 6.61 Å². The van der Waals surface area contributed by atoms with Gasteiger partial charge in [0.15, 0.2) is 6.29 Å². The molecule has 0 bridgehead atoms. The molecule has 0 radical (unpaired) electrons. The summed E-state index contributed by atoms with van der Waals surface area (Å²) in [6.07, 6.45) is -6.66. The van der Waals surface area contributed by atoms with E-state index < -0.39 is 61.1 Å². The van der Waals surface area contributed by atoms with Crippen LogP contribution in [0.2, 0.25) is 0 Å². The van der Waals surface area contributed by atoms with Crippen molar-refractivity contribution in [3.63, 3.8) is 0 Å². The highest BCUT2D eigenvalue weighted by atomic mass is 16.7. The maximum Gasteiger partial charge on any atom is 0.334 e. The Morgan fingerprint density at radius 3 is 2.57 bits per heavy atom. The highest BCUT2D eigenvalue weighted by Crippen LogP contribution is 2.54. The average molecular weight is 426 g/mol. The number of carbonyl (C=O) groups is 1. The minimum absolute atomic E-state index is 0.207. The average Bonchev–Trinajstić information content (AvgIpc) is 3.13. The summed E-state index contributed by atoms with van der Waals surface area (Å²) in [4.78, 5) is 12.1. The maximum absolute atomic E-state index is 12.1. The molecule has 5 N–H and O–H groups in total. The van der Waals surface area contributed by atoms with Crippen LogP contribution in [0.1, 0.15) is 26.2 Å². The number of hydrogen-bond acceptors (Lipinski definition) is 9. The lowest BCUT2D eigenvalue weighted by Gasteiger charge is -2.40. The zero-order chi connectivity index (χ0) is 22.0. The van der Waals surface area contributed by atoms with E-state index in [0.717, 1.165) is 0 Å². The Kier molecular flexibility index (Phi) is 5.59. The normalized spacial score (nSPS) is 51.3. The lowest BCUT2D eigenvalue weighted by Crippen LogP contribution is -2.59. The molecule has 4 rings (SSSR count). The van der Waals surface area contributed by atoms with Crippen molar-refractivity contribution in [2.24, 2.45) is 17.8 Å². The van der Waals surface area contributed by atoms with Crippen molar-refractivity contribution in [2.45, 2.75) is 74.7 Å². The zero-order valence-corrected chi connectivity index (χ0v) is 16.9. The molecule has 0 aromatic heterocycles. The first-order chi connectivity index (χ1) is 14.1. The van der Waals surface area contributed by atoms with Gasteiger partial charge in [-0.3, -0.25) is 0 Å². The van der Waals surface area contributed by atoms with Gasteiger partial charge in [-0.2, -0.15) is 0 Å². The summed E-state index contributed by atoms with van der Waals surface area (Å²) < 4.78 is 17.0. The number of esters is 1. The van der Waals surface area contributed by atoms with Crippen molar-refractivity contribution in [1.82, 2.24) is 0 Å². The van der Waals surface area contributed by atoms with Crippen LogP contribution in [0.4, 0.5) is 0 Å². The molecule has 0 amide bonds. The van der Waals surface area contributed by atoms with Gasteiger partial charge in [0.05, 0.1) is 18.3 Å². The van der Waals surface area contributed by atoms with E-state index in [-0.39, 0.29) is 17.8 Å². The first kappa shape index (κ1) is 21.9. The molecule has 0 aromatic carbocycles. The van der Waals surface area contributed by atoms with Crippen LogP contribution < -0.4 is 0 Å². The van der Waals surface area contributed by atoms with Gasteiger partial charge in [-0.05, 0) is 31.8 Å². The first-order valence-electron chi connectivity index (χ1n) is 10.3. The van der Waals surface area contributed by atoms with Gasteiger partial charge in [0.2, 0.25) is 0 Å². The fourth-order valence-electron chi connectivity index (χ4n) is 5.49. The van der Waals surface area contributed by atoms with Crippen LogP contribution in [-0.2, 0) is 19.0 Å². The number of rotatable bonds is 3.